The summed E-state index contributed by atoms with van der Waals surface area (Å²) in [5, 5.41) is 3.63. The number of fused-ring (bicyclic) bond motifs is 1. The topological polar surface area (TPSA) is 72.8 Å². The van der Waals surface area contributed by atoms with Crippen molar-refractivity contribution in [1.82, 2.24) is 0 Å². The average Bonchev–Trinajstić information content (AvgIpc) is 2.60. The van der Waals surface area contributed by atoms with Gasteiger partial charge < -0.3 is 9.47 Å². The van der Waals surface area contributed by atoms with Crippen molar-refractivity contribution in [1.29, 1.82) is 0 Å². The molecule has 1 atom stereocenters. The minimum absolute atomic E-state index is 0. The van der Waals surface area contributed by atoms with Crippen LogP contribution in [0.3, 0.4) is 0 Å². The molecule has 0 amide bonds. The summed E-state index contributed by atoms with van der Waals surface area (Å²) in [7, 11) is -3.92. The van der Waals surface area contributed by atoms with E-state index in [1.807, 2.05) is 5.38 Å². The Labute approximate surface area is 140 Å². The molecule has 0 spiro atoms. The normalized spacial score (nSPS) is 18.9. The summed E-state index contributed by atoms with van der Waals surface area (Å²) in [6.45, 7) is 0.319. The molecule has 0 fully saturated rings. The Hall–Kier alpha value is 0.846. The summed E-state index contributed by atoms with van der Waals surface area (Å²) < 4.78 is 40.5. The first-order valence-corrected chi connectivity index (χ1v) is 6.90. The van der Waals surface area contributed by atoms with E-state index in [0.29, 0.717) is 18.1 Å². The van der Waals surface area contributed by atoms with E-state index in [9.17, 15) is 8.42 Å². The first-order valence-electron chi connectivity index (χ1n) is 4.35. The van der Waals surface area contributed by atoms with Gasteiger partial charge in [0.2, 0.25) is 0 Å². The SMILES string of the molecule is O=S(=O)(O)CCC1COc2cscc2O1.[KH]. The Morgan fingerprint density at radius 3 is 2.81 bits per heavy atom. The molecule has 0 saturated carbocycles. The van der Waals surface area contributed by atoms with Crippen molar-refractivity contribution in [3.8, 4) is 11.5 Å². The van der Waals surface area contributed by atoms with E-state index >= 15 is 0 Å². The zero-order valence-electron chi connectivity index (χ0n) is 7.75. The molecule has 1 aromatic rings. The molecule has 5 nitrogen and oxygen atoms in total. The fourth-order valence-electron chi connectivity index (χ4n) is 1.28. The quantitative estimate of drug-likeness (QED) is 0.649. The fourth-order valence-corrected chi connectivity index (χ4v) is 2.52. The molecule has 86 valence electrons. The first kappa shape index (κ1) is 14.9. The molecule has 1 unspecified atom stereocenters. The van der Waals surface area contributed by atoms with E-state index in [2.05, 4.69) is 0 Å². The summed E-state index contributed by atoms with van der Waals surface area (Å²) in [6.07, 6.45) is -0.0808. The molecule has 2 heterocycles. The van der Waals surface area contributed by atoms with Gasteiger partial charge in [0.15, 0.2) is 11.5 Å². The number of hydrogen-bond acceptors (Lipinski definition) is 5. The molecule has 2 rings (SSSR count). The van der Waals surface area contributed by atoms with Crippen LogP contribution in [0.5, 0.6) is 11.5 Å². The van der Waals surface area contributed by atoms with Crippen molar-refractivity contribution in [3.63, 3.8) is 0 Å². The van der Waals surface area contributed by atoms with Crippen molar-refractivity contribution >= 4 is 72.8 Å². The van der Waals surface area contributed by atoms with Gasteiger partial charge in [-0.2, -0.15) is 8.42 Å². The van der Waals surface area contributed by atoms with Gasteiger partial charge in [-0.15, -0.1) is 11.3 Å². The van der Waals surface area contributed by atoms with Gasteiger partial charge in [0.25, 0.3) is 10.1 Å². The second kappa shape index (κ2) is 6.14. The molecule has 0 aliphatic carbocycles. The average molecular weight is 290 g/mol. The van der Waals surface area contributed by atoms with Gasteiger partial charge in [-0.3, -0.25) is 4.55 Å². The van der Waals surface area contributed by atoms with E-state index < -0.39 is 10.1 Å². The second-order valence-corrected chi connectivity index (χ2v) is 5.54. The summed E-state index contributed by atoms with van der Waals surface area (Å²) in [5.74, 6) is 1.04. The van der Waals surface area contributed by atoms with E-state index in [1.54, 1.807) is 5.38 Å². The molecule has 0 saturated heterocycles. The summed E-state index contributed by atoms with van der Waals surface area (Å²) in [4.78, 5) is 0. The monoisotopic (exact) mass is 290 g/mol. The van der Waals surface area contributed by atoms with E-state index in [0.717, 1.165) is 0 Å². The van der Waals surface area contributed by atoms with E-state index in [-0.39, 0.29) is 69.7 Å². The molecule has 1 aromatic heterocycles. The van der Waals surface area contributed by atoms with Crippen molar-refractivity contribution in [2.45, 2.75) is 12.5 Å². The van der Waals surface area contributed by atoms with Crippen LogP contribution < -0.4 is 9.47 Å². The standard InChI is InChI=1S/C8H10O5S2.K.H/c9-15(10,11)2-1-6-3-12-7-4-14-5-8(7)13-6;;/h4-6H,1-3H2,(H,9,10,11);;. The molecule has 0 bridgehead atoms. The zero-order valence-corrected chi connectivity index (χ0v) is 9.38. The first-order chi connectivity index (χ1) is 7.04. The van der Waals surface area contributed by atoms with Crippen LogP contribution in [0, 0.1) is 0 Å². The molecule has 8 heteroatoms. The summed E-state index contributed by atoms with van der Waals surface area (Å²) in [6, 6.07) is 0. The van der Waals surface area contributed by atoms with Crippen molar-refractivity contribution < 1.29 is 22.4 Å². The molecular formula is C8H11KO5S2. The Morgan fingerprint density at radius 1 is 1.44 bits per heavy atom. The molecule has 0 aromatic carbocycles. The van der Waals surface area contributed by atoms with Gasteiger partial charge in [0, 0.05) is 17.2 Å². The van der Waals surface area contributed by atoms with Crippen molar-refractivity contribution in [3.05, 3.63) is 10.8 Å². The molecule has 16 heavy (non-hydrogen) atoms. The van der Waals surface area contributed by atoms with Crippen LogP contribution in [-0.4, -0.2) is 82.8 Å². The third kappa shape index (κ3) is 4.26. The van der Waals surface area contributed by atoms with E-state index in [4.69, 9.17) is 14.0 Å². The molecule has 1 aliphatic heterocycles. The summed E-state index contributed by atoms with van der Waals surface area (Å²) in [5.41, 5.74) is 0. The van der Waals surface area contributed by atoms with Gasteiger partial charge >= 0.3 is 51.4 Å². The second-order valence-electron chi connectivity index (χ2n) is 3.23. The Balaban J connectivity index is 0.00000128. The molecule has 0 radical (unpaired) electrons. The van der Waals surface area contributed by atoms with Gasteiger partial charge in [-0.25, -0.2) is 0 Å². The number of thiophene rings is 1. The fraction of sp³-hybridized carbons (Fsp3) is 0.500. The number of ether oxygens (including phenoxy) is 2. The molecular weight excluding hydrogens is 279 g/mol. The number of rotatable bonds is 3. The predicted octanol–water partition coefficient (Wildman–Crippen LogP) is 0.517. The Kier molecular flexibility index (Phi) is 5.72. The maximum atomic E-state index is 10.5. The molecule has 1 aliphatic rings. The van der Waals surface area contributed by atoms with Crippen LogP contribution in [0.25, 0.3) is 0 Å². The third-order valence-electron chi connectivity index (χ3n) is 2.01. The van der Waals surface area contributed by atoms with Gasteiger partial charge in [0.1, 0.15) is 12.7 Å². The third-order valence-corrected chi connectivity index (χ3v) is 3.46. The van der Waals surface area contributed by atoms with Gasteiger partial charge in [-0.05, 0) is 0 Å². The van der Waals surface area contributed by atoms with Crippen LogP contribution in [-0.2, 0) is 10.1 Å². The maximum absolute atomic E-state index is 10.5. The Bertz CT molecular complexity index is 441. The van der Waals surface area contributed by atoms with Crippen LogP contribution in [0.1, 0.15) is 6.42 Å². The van der Waals surface area contributed by atoms with Crippen LogP contribution in [0.4, 0.5) is 0 Å². The van der Waals surface area contributed by atoms with Crippen LogP contribution >= 0.6 is 11.3 Å². The minimum atomic E-state index is -3.92. The van der Waals surface area contributed by atoms with Crippen molar-refractivity contribution in [2.24, 2.45) is 0 Å². The zero-order chi connectivity index (χ0) is 10.9. The summed E-state index contributed by atoms with van der Waals surface area (Å²) >= 11 is 1.46. The predicted molar refractivity (Wildman–Crippen MR) is 62.4 cm³/mol. The van der Waals surface area contributed by atoms with Crippen LogP contribution in [0.2, 0.25) is 0 Å². The van der Waals surface area contributed by atoms with Crippen LogP contribution in [0.15, 0.2) is 10.8 Å². The van der Waals surface area contributed by atoms with Gasteiger partial charge in [-0.1, -0.05) is 0 Å². The Morgan fingerprint density at radius 2 is 2.12 bits per heavy atom. The van der Waals surface area contributed by atoms with E-state index in [1.165, 1.54) is 11.3 Å². The molecule has 1 N–H and O–H groups in total. The number of hydrogen-bond donors (Lipinski definition) is 1. The van der Waals surface area contributed by atoms with Gasteiger partial charge in [0.05, 0.1) is 5.75 Å². The van der Waals surface area contributed by atoms with Crippen molar-refractivity contribution in [2.75, 3.05) is 12.4 Å².